The number of sulfone groups is 1. The van der Waals surface area contributed by atoms with Gasteiger partial charge in [-0.15, -0.1) is 0 Å². The molecule has 0 saturated carbocycles. The summed E-state index contributed by atoms with van der Waals surface area (Å²) in [5.74, 6) is 0.424. The molecule has 2 aromatic rings. The summed E-state index contributed by atoms with van der Waals surface area (Å²) in [6, 6.07) is 14.3. The van der Waals surface area contributed by atoms with Gasteiger partial charge in [0.2, 0.25) is 0 Å². The first-order chi connectivity index (χ1) is 11.3. The van der Waals surface area contributed by atoms with Crippen LogP contribution in [0.3, 0.4) is 0 Å². The molecule has 24 heavy (non-hydrogen) atoms. The van der Waals surface area contributed by atoms with Crippen LogP contribution in [0, 0.1) is 6.92 Å². The predicted octanol–water partition coefficient (Wildman–Crippen LogP) is 2.35. The minimum absolute atomic E-state index is 0.0787. The maximum absolute atomic E-state index is 12.1. The van der Waals surface area contributed by atoms with Crippen molar-refractivity contribution in [1.82, 2.24) is 5.32 Å². The smallest absolute Gasteiger partial charge is 0.251 e. The van der Waals surface area contributed by atoms with Gasteiger partial charge in [-0.1, -0.05) is 29.8 Å². The average molecular weight is 347 g/mol. The molecule has 0 aliphatic carbocycles. The minimum atomic E-state index is -3.13. The second-order valence-electron chi connectivity index (χ2n) is 5.69. The van der Waals surface area contributed by atoms with Gasteiger partial charge in [-0.25, -0.2) is 8.42 Å². The van der Waals surface area contributed by atoms with Crippen molar-refractivity contribution in [2.24, 2.45) is 0 Å². The van der Waals surface area contributed by atoms with Crippen molar-refractivity contribution in [2.75, 3.05) is 19.4 Å². The Hall–Kier alpha value is -2.34. The van der Waals surface area contributed by atoms with Crippen LogP contribution in [0.4, 0.5) is 0 Å². The van der Waals surface area contributed by atoms with Crippen LogP contribution in [0.25, 0.3) is 0 Å². The topological polar surface area (TPSA) is 72.5 Å². The lowest BCUT2D eigenvalue weighted by Crippen LogP contribution is -2.28. The summed E-state index contributed by atoms with van der Waals surface area (Å²) in [5.41, 5.74) is 2.19. The van der Waals surface area contributed by atoms with Crippen LogP contribution in [0.5, 0.6) is 5.75 Å². The number of carbonyl (C=O) groups excluding carboxylic acids is 1. The molecule has 128 valence electrons. The molecular formula is C18H21NO4S. The fourth-order valence-electron chi connectivity index (χ4n) is 2.18. The summed E-state index contributed by atoms with van der Waals surface area (Å²) < 4.78 is 28.2. The number of rotatable bonds is 7. The molecule has 0 atom stereocenters. The van der Waals surface area contributed by atoms with Crippen molar-refractivity contribution < 1.29 is 17.9 Å². The number of benzene rings is 2. The van der Waals surface area contributed by atoms with Gasteiger partial charge in [-0.05, 0) is 36.8 Å². The highest BCUT2D eigenvalue weighted by atomic mass is 32.2. The van der Waals surface area contributed by atoms with Gasteiger partial charge >= 0.3 is 0 Å². The van der Waals surface area contributed by atoms with Crippen molar-refractivity contribution in [3.05, 3.63) is 65.2 Å². The maximum atomic E-state index is 12.1. The Morgan fingerprint density at radius 3 is 2.50 bits per heavy atom. The third kappa shape index (κ3) is 6.04. The second kappa shape index (κ2) is 7.97. The fraction of sp³-hybridized carbons (Fsp3) is 0.278. The van der Waals surface area contributed by atoms with E-state index < -0.39 is 9.84 Å². The van der Waals surface area contributed by atoms with Crippen LogP contribution in [0.1, 0.15) is 21.5 Å². The number of amides is 1. The van der Waals surface area contributed by atoms with Gasteiger partial charge in [0.1, 0.15) is 12.4 Å². The molecule has 1 amide bonds. The number of hydrogen-bond acceptors (Lipinski definition) is 4. The largest absolute Gasteiger partial charge is 0.492 e. The zero-order valence-corrected chi connectivity index (χ0v) is 14.6. The highest BCUT2D eigenvalue weighted by Crippen LogP contribution is 2.11. The molecule has 0 bridgehead atoms. The van der Waals surface area contributed by atoms with E-state index in [4.69, 9.17) is 4.74 Å². The minimum Gasteiger partial charge on any atom is -0.492 e. The van der Waals surface area contributed by atoms with E-state index in [1.54, 1.807) is 24.3 Å². The predicted molar refractivity (Wildman–Crippen MR) is 94.0 cm³/mol. The van der Waals surface area contributed by atoms with E-state index in [2.05, 4.69) is 5.32 Å². The van der Waals surface area contributed by atoms with Gasteiger partial charge < -0.3 is 10.1 Å². The Morgan fingerprint density at radius 1 is 1.12 bits per heavy atom. The zero-order valence-electron chi connectivity index (χ0n) is 13.8. The second-order valence-corrected chi connectivity index (χ2v) is 7.83. The van der Waals surface area contributed by atoms with Gasteiger partial charge in [-0.2, -0.15) is 0 Å². The van der Waals surface area contributed by atoms with Gasteiger partial charge in [0, 0.05) is 11.8 Å². The summed E-state index contributed by atoms with van der Waals surface area (Å²) in [5, 5.41) is 2.76. The van der Waals surface area contributed by atoms with Gasteiger partial charge in [-0.3, -0.25) is 4.79 Å². The number of aryl methyl sites for hydroxylation is 1. The Bertz CT molecular complexity index is 798. The van der Waals surface area contributed by atoms with E-state index in [1.807, 2.05) is 31.2 Å². The SMILES string of the molecule is Cc1ccc(OCCNC(=O)c2cccc(CS(C)(=O)=O)c2)cc1. The van der Waals surface area contributed by atoms with Crippen LogP contribution in [0.15, 0.2) is 48.5 Å². The summed E-state index contributed by atoms with van der Waals surface area (Å²) in [4.78, 5) is 12.1. The molecule has 2 aromatic carbocycles. The zero-order chi connectivity index (χ0) is 17.6. The van der Waals surface area contributed by atoms with Gasteiger partial charge in [0.25, 0.3) is 5.91 Å². The first-order valence-corrected chi connectivity index (χ1v) is 9.64. The average Bonchev–Trinajstić information content (AvgIpc) is 2.51. The van der Waals surface area contributed by atoms with Crippen molar-refractivity contribution in [3.8, 4) is 5.75 Å². The lowest BCUT2D eigenvalue weighted by molar-refractivity contribution is 0.0947. The van der Waals surface area contributed by atoms with E-state index in [1.165, 1.54) is 6.26 Å². The van der Waals surface area contributed by atoms with Crippen molar-refractivity contribution in [3.63, 3.8) is 0 Å². The number of hydrogen-bond donors (Lipinski definition) is 1. The van der Waals surface area contributed by atoms with E-state index in [0.29, 0.717) is 24.3 Å². The van der Waals surface area contributed by atoms with E-state index in [9.17, 15) is 13.2 Å². The van der Waals surface area contributed by atoms with Crippen molar-refractivity contribution in [1.29, 1.82) is 0 Å². The lowest BCUT2D eigenvalue weighted by Gasteiger charge is -2.09. The van der Waals surface area contributed by atoms with E-state index in [-0.39, 0.29) is 11.7 Å². The summed E-state index contributed by atoms with van der Waals surface area (Å²) in [6.45, 7) is 2.72. The molecule has 1 N–H and O–H groups in total. The number of ether oxygens (including phenoxy) is 1. The molecule has 2 rings (SSSR count). The Kier molecular flexibility index (Phi) is 5.98. The monoisotopic (exact) mass is 347 g/mol. The van der Waals surface area contributed by atoms with Gasteiger partial charge in [0.15, 0.2) is 9.84 Å². The normalized spacial score (nSPS) is 11.1. The Morgan fingerprint density at radius 2 is 1.83 bits per heavy atom. The quantitative estimate of drug-likeness (QED) is 0.781. The first kappa shape index (κ1) is 18.0. The summed E-state index contributed by atoms with van der Waals surface area (Å²) in [6.07, 6.45) is 1.17. The standard InChI is InChI=1S/C18H21NO4S/c1-14-6-8-17(9-7-14)23-11-10-19-18(20)16-5-3-4-15(12-16)13-24(2,21)22/h3-9,12H,10-11,13H2,1-2H3,(H,19,20). The molecule has 0 radical (unpaired) electrons. The lowest BCUT2D eigenvalue weighted by atomic mass is 10.1. The van der Waals surface area contributed by atoms with Crippen LogP contribution in [-0.2, 0) is 15.6 Å². The Labute approximate surface area is 142 Å². The van der Waals surface area contributed by atoms with E-state index >= 15 is 0 Å². The molecule has 0 aromatic heterocycles. The van der Waals surface area contributed by atoms with Gasteiger partial charge in [0.05, 0.1) is 12.3 Å². The molecular weight excluding hydrogens is 326 g/mol. The van der Waals surface area contributed by atoms with Crippen molar-refractivity contribution in [2.45, 2.75) is 12.7 Å². The van der Waals surface area contributed by atoms with Crippen LogP contribution < -0.4 is 10.1 Å². The van der Waals surface area contributed by atoms with Crippen LogP contribution in [-0.4, -0.2) is 33.7 Å². The van der Waals surface area contributed by atoms with Crippen molar-refractivity contribution >= 4 is 15.7 Å². The highest BCUT2D eigenvalue weighted by molar-refractivity contribution is 7.89. The first-order valence-electron chi connectivity index (χ1n) is 7.58. The molecule has 0 unspecified atom stereocenters. The molecule has 0 saturated heterocycles. The van der Waals surface area contributed by atoms with Crippen LogP contribution >= 0.6 is 0 Å². The molecule has 5 nitrogen and oxygen atoms in total. The molecule has 0 heterocycles. The van der Waals surface area contributed by atoms with E-state index in [0.717, 1.165) is 11.3 Å². The maximum Gasteiger partial charge on any atom is 0.251 e. The van der Waals surface area contributed by atoms with Crippen LogP contribution in [0.2, 0.25) is 0 Å². The Balaban J connectivity index is 1.84. The third-order valence-corrected chi connectivity index (χ3v) is 4.15. The highest BCUT2D eigenvalue weighted by Gasteiger charge is 2.09. The molecule has 0 fully saturated rings. The number of nitrogens with one attached hydrogen (secondary N) is 1. The molecule has 0 aliphatic rings. The number of carbonyl (C=O) groups is 1. The third-order valence-electron chi connectivity index (χ3n) is 3.30. The fourth-order valence-corrected chi connectivity index (χ4v) is 2.96. The molecule has 6 heteroatoms. The molecule has 0 aliphatic heterocycles. The molecule has 0 spiro atoms. The summed E-state index contributed by atoms with van der Waals surface area (Å²) in [7, 11) is -3.13. The summed E-state index contributed by atoms with van der Waals surface area (Å²) >= 11 is 0.